The van der Waals surface area contributed by atoms with Gasteiger partial charge in [0.15, 0.2) is 0 Å². The highest BCUT2D eigenvalue weighted by molar-refractivity contribution is 5.97. The molecule has 1 aromatic heterocycles. The van der Waals surface area contributed by atoms with Crippen molar-refractivity contribution in [2.75, 3.05) is 19.7 Å². The molecule has 2 fully saturated rings. The summed E-state index contributed by atoms with van der Waals surface area (Å²) < 4.78 is 7.17. The van der Waals surface area contributed by atoms with E-state index in [4.69, 9.17) is 9.84 Å². The molecule has 1 aliphatic heterocycles. The van der Waals surface area contributed by atoms with Gasteiger partial charge in [-0.25, -0.2) is 4.68 Å². The molecule has 6 nitrogen and oxygen atoms in total. The van der Waals surface area contributed by atoms with Crippen LogP contribution in [0.15, 0.2) is 30.3 Å². The molecule has 1 aromatic carbocycles. The molecule has 0 bridgehead atoms. The summed E-state index contributed by atoms with van der Waals surface area (Å²) in [6.45, 7) is 7.51. The van der Waals surface area contributed by atoms with Crippen LogP contribution < -0.4 is 0 Å². The Morgan fingerprint density at radius 1 is 1.17 bits per heavy atom. The summed E-state index contributed by atoms with van der Waals surface area (Å²) in [4.78, 5) is 27.9. The average Bonchev–Trinajstić information content (AvgIpc) is 3.53. The fourth-order valence-electron chi connectivity index (χ4n) is 4.38. The second kappa shape index (κ2) is 8.62. The summed E-state index contributed by atoms with van der Waals surface area (Å²) in [7, 11) is 0. The van der Waals surface area contributed by atoms with Gasteiger partial charge in [0.1, 0.15) is 0 Å². The van der Waals surface area contributed by atoms with Crippen LogP contribution in [0.5, 0.6) is 0 Å². The predicted octanol–water partition coefficient (Wildman–Crippen LogP) is 4.29. The second-order valence-corrected chi connectivity index (χ2v) is 8.66. The van der Waals surface area contributed by atoms with Crippen LogP contribution in [-0.2, 0) is 9.53 Å². The van der Waals surface area contributed by atoms with Gasteiger partial charge in [-0.2, -0.15) is 5.10 Å². The number of ether oxygens (including phenoxy) is 1. The molecule has 0 spiro atoms. The van der Waals surface area contributed by atoms with Crippen molar-refractivity contribution >= 4 is 11.9 Å². The maximum absolute atomic E-state index is 13.8. The highest BCUT2D eigenvalue weighted by atomic mass is 16.5. The fraction of sp³-hybridized carbons (Fsp3) is 0.542. The summed E-state index contributed by atoms with van der Waals surface area (Å²) in [5.74, 6) is 0.0869. The minimum atomic E-state index is -0.237. The third kappa shape index (κ3) is 4.00. The molecule has 0 N–H and O–H groups in total. The van der Waals surface area contributed by atoms with E-state index in [0.29, 0.717) is 25.6 Å². The van der Waals surface area contributed by atoms with E-state index in [2.05, 4.69) is 13.8 Å². The molecule has 2 aromatic rings. The highest BCUT2D eigenvalue weighted by Gasteiger charge is 2.38. The van der Waals surface area contributed by atoms with E-state index in [0.717, 1.165) is 48.3 Å². The molecule has 1 saturated heterocycles. The van der Waals surface area contributed by atoms with E-state index in [1.165, 1.54) is 0 Å². The average molecular weight is 410 g/mol. The topological polar surface area (TPSA) is 64.4 Å². The molecule has 0 radical (unpaired) electrons. The number of esters is 1. The molecule has 2 heterocycles. The summed E-state index contributed by atoms with van der Waals surface area (Å²) in [5, 5.41) is 4.94. The van der Waals surface area contributed by atoms with Crippen LogP contribution in [0.4, 0.5) is 0 Å². The zero-order chi connectivity index (χ0) is 21.3. The zero-order valence-corrected chi connectivity index (χ0v) is 18.1. The van der Waals surface area contributed by atoms with Crippen molar-refractivity contribution in [3.05, 3.63) is 47.3 Å². The van der Waals surface area contributed by atoms with Crippen molar-refractivity contribution in [1.82, 2.24) is 14.7 Å². The molecule has 6 heteroatoms. The van der Waals surface area contributed by atoms with Gasteiger partial charge < -0.3 is 9.64 Å². The van der Waals surface area contributed by atoms with E-state index in [-0.39, 0.29) is 23.7 Å². The van der Waals surface area contributed by atoms with Crippen molar-refractivity contribution < 1.29 is 14.3 Å². The lowest BCUT2D eigenvalue weighted by Gasteiger charge is -2.32. The number of carbonyl (C=O) groups is 2. The Morgan fingerprint density at radius 2 is 1.90 bits per heavy atom. The van der Waals surface area contributed by atoms with Crippen LogP contribution in [0.3, 0.4) is 0 Å². The molecule has 160 valence electrons. The Hall–Kier alpha value is -2.63. The largest absolute Gasteiger partial charge is 0.466 e. The lowest BCUT2D eigenvalue weighted by atomic mass is 9.95. The third-order valence-corrected chi connectivity index (χ3v) is 6.00. The minimum absolute atomic E-state index is 0.0109. The monoisotopic (exact) mass is 409 g/mol. The molecule has 2 aliphatic rings. The standard InChI is InChI=1S/C24H31N3O3/c1-4-30-24(29)18-9-8-14-26(15-18)23(28)20-21(17-12-13-17)25-27(22(20)16(2)3)19-10-6-5-7-11-19/h5-7,10-11,16-18H,4,8-9,12-15H2,1-3H3/t18-/m1/s1. The first-order chi connectivity index (χ1) is 14.5. The van der Waals surface area contributed by atoms with E-state index in [1.807, 2.05) is 46.8 Å². The molecule has 1 atom stereocenters. The Morgan fingerprint density at radius 3 is 2.53 bits per heavy atom. The second-order valence-electron chi connectivity index (χ2n) is 8.66. The van der Waals surface area contributed by atoms with Crippen LogP contribution in [-0.4, -0.2) is 46.3 Å². The number of amides is 1. The first-order valence-electron chi connectivity index (χ1n) is 11.1. The molecule has 1 aliphatic carbocycles. The van der Waals surface area contributed by atoms with Gasteiger partial charge in [-0.05, 0) is 50.7 Å². The van der Waals surface area contributed by atoms with Gasteiger partial charge in [-0.1, -0.05) is 32.0 Å². The zero-order valence-electron chi connectivity index (χ0n) is 18.1. The summed E-state index contributed by atoms with van der Waals surface area (Å²) >= 11 is 0. The van der Waals surface area contributed by atoms with Crippen LogP contribution >= 0.6 is 0 Å². The number of aromatic nitrogens is 2. The Kier molecular flexibility index (Phi) is 5.93. The van der Waals surface area contributed by atoms with Gasteiger partial charge >= 0.3 is 5.97 Å². The first kappa shape index (κ1) is 20.6. The SMILES string of the molecule is CCOC(=O)[C@@H]1CCCN(C(=O)c2c(C3CC3)nn(-c3ccccc3)c2C(C)C)C1. The molecule has 4 rings (SSSR count). The number of para-hydroxylation sites is 1. The quantitative estimate of drug-likeness (QED) is 0.668. The van der Waals surface area contributed by atoms with E-state index < -0.39 is 0 Å². The first-order valence-corrected chi connectivity index (χ1v) is 11.1. The number of hydrogen-bond donors (Lipinski definition) is 0. The molecule has 30 heavy (non-hydrogen) atoms. The van der Waals surface area contributed by atoms with Crippen molar-refractivity contribution in [2.24, 2.45) is 5.92 Å². The lowest BCUT2D eigenvalue weighted by molar-refractivity contribution is -0.149. The molecular weight excluding hydrogens is 378 g/mol. The maximum atomic E-state index is 13.8. The van der Waals surface area contributed by atoms with Crippen molar-refractivity contribution in [2.45, 2.75) is 58.3 Å². The minimum Gasteiger partial charge on any atom is -0.466 e. The van der Waals surface area contributed by atoms with Crippen molar-refractivity contribution in [3.8, 4) is 5.69 Å². The number of likely N-dealkylation sites (tertiary alicyclic amines) is 1. The normalized spacial score (nSPS) is 19.2. The number of piperidine rings is 1. The van der Waals surface area contributed by atoms with E-state index in [1.54, 1.807) is 0 Å². The smallest absolute Gasteiger partial charge is 0.310 e. The van der Waals surface area contributed by atoms with Crippen LogP contribution in [0, 0.1) is 5.92 Å². The van der Waals surface area contributed by atoms with E-state index in [9.17, 15) is 9.59 Å². The number of hydrogen-bond acceptors (Lipinski definition) is 4. The van der Waals surface area contributed by atoms with Gasteiger partial charge in [-0.3, -0.25) is 9.59 Å². The predicted molar refractivity (Wildman–Crippen MR) is 115 cm³/mol. The van der Waals surface area contributed by atoms with Gasteiger partial charge in [0.2, 0.25) is 0 Å². The van der Waals surface area contributed by atoms with Crippen molar-refractivity contribution in [1.29, 1.82) is 0 Å². The van der Waals surface area contributed by atoms with Crippen molar-refractivity contribution in [3.63, 3.8) is 0 Å². The molecule has 1 amide bonds. The summed E-state index contributed by atoms with van der Waals surface area (Å²) in [6, 6.07) is 10.0. The summed E-state index contributed by atoms with van der Waals surface area (Å²) in [6.07, 6.45) is 3.75. The van der Waals surface area contributed by atoms with Crippen LogP contribution in [0.25, 0.3) is 5.69 Å². The fourth-order valence-corrected chi connectivity index (χ4v) is 4.38. The Balaban J connectivity index is 1.71. The number of benzene rings is 1. The van der Waals surface area contributed by atoms with Crippen LogP contribution in [0.2, 0.25) is 0 Å². The van der Waals surface area contributed by atoms with Gasteiger partial charge in [0.25, 0.3) is 5.91 Å². The summed E-state index contributed by atoms with van der Waals surface area (Å²) in [5.41, 5.74) is 3.61. The third-order valence-electron chi connectivity index (χ3n) is 6.00. The van der Waals surface area contributed by atoms with E-state index >= 15 is 0 Å². The molecule has 0 unspecified atom stereocenters. The Bertz CT molecular complexity index is 915. The van der Waals surface area contributed by atoms with Gasteiger partial charge in [-0.15, -0.1) is 0 Å². The molecule has 1 saturated carbocycles. The highest BCUT2D eigenvalue weighted by Crippen LogP contribution is 2.43. The number of carbonyl (C=O) groups excluding carboxylic acids is 2. The van der Waals surface area contributed by atoms with Gasteiger partial charge in [0, 0.05) is 19.0 Å². The lowest BCUT2D eigenvalue weighted by Crippen LogP contribution is -2.43. The molecular formula is C24H31N3O3. The van der Waals surface area contributed by atoms with Crippen LogP contribution in [0.1, 0.15) is 80.0 Å². The van der Waals surface area contributed by atoms with Gasteiger partial charge in [0.05, 0.1) is 35.2 Å². The number of rotatable bonds is 6. The maximum Gasteiger partial charge on any atom is 0.310 e. The Labute approximate surface area is 178 Å². The number of nitrogens with zero attached hydrogens (tertiary/aromatic N) is 3.